The fraction of sp³-hybridized carbons (Fsp3) is 0.650. The number of carbonyl (C=O) groups is 1. The molecule has 0 radical (unpaired) electrons. The van der Waals surface area contributed by atoms with E-state index < -0.39 is 0 Å². The fourth-order valence-corrected chi connectivity index (χ4v) is 3.82. The molecule has 2 aliphatic rings. The Hall–Kier alpha value is -1.39. The molecule has 1 N–H and O–H groups in total. The van der Waals surface area contributed by atoms with Gasteiger partial charge in [-0.05, 0) is 32.3 Å². The zero-order valence-corrected chi connectivity index (χ0v) is 15.1. The van der Waals surface area contributed by atoms with Gasteiger partial charge in [-0.2, -0.15) is 0 Å². The smallest absolute Gasteiger partial charge is 0.237 e. The normalized spacial score (nSPS) is 21.8. The van der Waals surface area contributed by atoms with E-state index >= 15 is 0 Å². The number of benzene rings is 1. The summed E-state index contributed by atoms with van der Waals surface area (Å²) >= 11 is 0. The molecule has 1 aliphatic heterocycles. The molecular formula is C20H31N3O. The van der Waals surface area contributed by atoms with Gasteiger partial charge in [0.05, 0.1) is 6.04 Å². The van der Waals surface area contributed by atoms with Crippen molar-refractivity contribution in [2.45, 2.75) is 58.2 Å². The van der Waals surface area contributed by atoms with Gasteiger partial charge in [0.2, 0.25) is 5.91 Å². The summed E-state index contributed by atoms with van der Waals surface area (Å²) in [5.74, 6) is 0.217. The molecule has 1 atom stereocenters. The van der Waals surface area contributed by atoms with Crippen LogP contribution >= 0.6 is 0 Å². The molecule has 132 valence electrons. The molecule has 1 saturated carbocycles. The first-order chi connectivity index (χ1) is 11.6. The van der Waals surface area contributed by atoms with E-state index in [-0.39, 0.29) is 11.9 Å². The summed E-state index contributed by atoms with van der Waals surface area (Å²) < 4.78 is 0. The molecular weight excluding hydrogens is 298 g/mol. The molecule has 4 heteroatoms. The number of rotatable bonds is 5. The minimum Gasteiger partial charge on any atom is -0.352 e. The van der Waals surface area contributed by atoms with E-state index in [1.54, 1.807) is 0 Å². The lowest BCUT2D eigenvalue weighted by molar-refractivity contribution is -0.127. The van der Waals surface area contributed by atoms with Gasteiger partial charge >= 0.3 is 0 Å². The summed E-state index contributed by atoms with van der Waals surface area (Å²) in [4.78, 5) is 17.3. The van der Waals surface area contributed by atoms with Crippen LogP contribution in [0.15, 0.2) is 24.3 Å². The Balaban J connectivity index is 1.43. The summed E-state index contributed by atoms with van der Waals surface area (Å²) in [7, 11) is 0. The van der Waals surface area contributed by atoms with Gasteiger partial charge in [0.25, 0.3) is 0 Å². The van der Waals surface area contributed by atoms with Crippen molar-refractivity contribution in [2.75, 3.05) is 26.2 Å². The third-order valence-electron chi connectivity index (χ3n) is 5.56. The van der Waals surface area contributed by atoms with Crippen molar-refractivity contribution in [1.82, 2.24) is 15.1 Å². The molecule has 1 aliphatic carbocycles. The van der Waals surface area contributed by atoms with Crippen molar-refractivity contribution < 1.29 is 4.79 Å². The highest BCUT2D eigenvalue weighted by atomic mass is 16.2. The topological polar surface area (TPSA) is 35.6 Å². The fourth-order valence-electron chi connectivity index (χ4n) is 3.82. The Bertz CT molecular complexity index is 528. The van der Waals surface area contributed by atoms with Crippen molar-refractivity contribution in [3.05, 3.63) is 35.4 Å². The van der Waals surface area contributed by atoms with Gasteiger partial charge in [-0.1, -0.05) is 42.7 Å². The molecule has 1 saturated heterocycles. The average molecular weight is 329 g/mol. The molecule has 0 aromatic heterocycles. The first kappa shape index (κ1) is 17.4. The summed E-state index contributed by atoms with van der Waals surface area (Å²) in [6.07, 6.45) is 4.83. The van der Waals surface area contributed by atoms with Gasteiger partial charge in [-0.15, -0.1) is 0 Å². The number of hydrogen-bond acceptors (Lipinski definition) is 3. The molecule has 4 nitrogen and oxygen atoms in total. The lowest BCUT2D eigenvalue weighted by Gasteiger charge is -2.37. The molecule has 0 spiro atoms. The maximum Gasteiger partial charge on any atom is 0.237 e. The standard InChI is InChI=1S/C20H31N3O/c1-16-7-9-18(10-8-16)15-22-11-13-23(14-12-22)17(2)20(24)21-19-5-3-4-6-19/h7-10,17,19H,3-6,11-15H2,1-2H3,(H,21,24). The van der Waals surface area contributed by atoms with Gasteiger partial charge in [0.1, 0.15) is 0 Å². The minimum absolute atomic E-state index is 0.00729. The molecule has 1 heterocycles. The predicted octanol–water partition coefficient (Wildman–Crippen LogP) is 2.56. The van der Waals surface area contributed by atoms with E-state index in [9.17, 15) is 4.79 Å². The van der Waals surface area contributed by atoms with Crippen LogP contribution in [0.2, 0.25) is 0 Å². The lowest BCUT2D eigenvalue weighted by atomic mass is 10.1. The van der Waals surface area contributed by atoms with E-state index in [0.717, 1.165) is 45.6 Å². The molecule has 24 heavy (non-hydrogen) atoms. The molecule has 2 fully saturated rings. The first-order valence-corrected chi connectivity index (χ1v) is 9.44. The number of hydrogen-bond donors (Lipinski definition) is 1. The maximum atomic E-state index is 12.4. The van der Waals surface area contributed by atoms with Gasteiger partial charge in [-0.25, -0.2) is 0 Å². The van der Waals surface area contributed by atoms with Crippen LogP contribution in [0.5, 0.6) is 0 Å². The van der Waals surface area contributed by atoms with E-state index in [1.807, 2.05) is 0 Å². The SMILES string of the molecule is Cc1ccc(CN2CCN(C(C)C(=O)NC3CCCC3)CC2)cc1. The quantitative estimate of drug-likeness (QED) is 0.902. The van der Waals surface area contributed by atoms with Crippen LogP contribution in [0.3, 0.4) is 0 Å². The molecule has 3 rings (SSSR count). The minimum atomic E-state index is -0.00729. The van der Waals surface area contributed by atoms with Crippen molar-refractivity contribution in [1.29, 1.82) is 0 Å². The molecule has 0 bridgehead atoms. The van der Waals surface area contributed by atoms with Gasteiger partial charge in [0, 0.05) is 38.8 Å². The van der Waals surface area contributed by atoms with Crippen LogP contribution in [0.25, 0.3) is 0 Å². The maximum absolute atomic E-state index is 12.4. The largest absolute Gasteiger partial charge is 0.352 e. The number of nitrogens with zero attached hydrogens (tertiary/aromatic N) is 2. The molecule has 1 aromatic carbocycles. The zero-order valence-electron chi connectivity index (χ0n) is 15.1. The van der Waals surface area contributed by atoms with Gasteiger partial charge in [0.15, 0.2) is 0 Å². The third kappa shape index (κ3) is 4.58. The monoisotopic (exact) mass is 329 g/mol. The van der Waals surface area contributed by atoms with Crippen LogP contribution < -0.4 is 5.32 Å². The lowest BCUT2D eigenvalue weighted by Crippen LogP contribution is -2.54. The Morgan fingerprint density at radius 2 is 1.75 bits per heavy atom. The molecule has 1 unspecified atom stereocenters. The third-order valence-corrected chi connectivity index (χ3v) is 5.56. The number of piperazine rings is 1. The second kappa shape index (κ2) is 8.13. The van der Waals surface area contributed by atoms with Crippen LogP contribution in [0.4, 0.5) is 0 Å². The van der Waals surface area contributed by atoms with Crippen LogP contribution in [-0.4, -0.2) is 54.0 Å². The number of amides is 1. The summed E-state index contributed by atoms with van der Waals surface area (Å²) in [6, 6.07) is 9.22. The first-order valence-electron chi connectivity index (χ1n) is 9.44. The van der Waals surface area contributed by atoms with Crippen LogP contribution in [-0.2, 0) is 11.3 Å². The van der Waals surface area contributed by atoms with E-state index in [1.165, 1.54) is 24.0 Å². The van der Waals surface area contributed by atoms with Crippen molar-refractivity contribution >= 4 is 5.91 Å². The Morgan fingerprint density at radius 1 is 1.12 bits per heavy atom. The number of nitrogens with one attached hydrogen (secondary N) is 1. The highest BCUT2D eigenvalue weighted by Gasteiger charge is 2.27. The molecule has 1 aromatic rings. The molecule has 1 amide bonds. The van der Waals surface area contributed by atoms with Gasteiger partial charge in [-0.3, -0.25) is 14.6 Å². The highest BCUT2D eigenvalue weighted by Crippen LogP contribution is 2.18. The van der Waals surface area contributed by atoms with E-state index in [0.29, 0.717) is 6.04 Å². The van der Waals surface area contributed by atoms with Crippen molar-refractivity contribution in [3.8, 4) is 0 Å². The average Bonchev–Trinajstić information content (AvgIpc) is 3.10. The number of carbonyl (C=O) groups excluding carboxylic acids is 1. The van der Waals surface area contributed by atoms with Crippen LogP contribution in [0.1, 0.15) is 43.7 Å². The Labute approximate surface area is 146 Å². The van der Waals surface area contributed by atoms with E-state index in [4.69, 9.17) is 0 Å². The van der Waals surface area contributed by atoms with Crippen molar-refractivity contribution in [3.63, 3.8) is 0 Å². The predicted molar refractivity (Wildman–Crippen MR) is 97.9 cm³/mol. The Kier molecular flexibility index (Phi) is 5.90. The van der Waals surface area contributed by atoms with E-state index in [2.05, 4.69) is 53.2 Å². The van der Waals surface area contributed by atoms with Gasteiger partial charge < -0.3 is 5.32 Å². The second-order valence-corrected chi connectivity index (χ2v) is 7.46. The second-order valence-electron chi connectivity index (χ2n) is 7.46. The number of aryl methyl sites for hydroxylation is 1. The van der Waals surface area contributed by atoms with Crippen molar-refractivity contribution in [2.24, 2.45) is 0 Å². The summed E-state index contributed by atoms with van der Waals surface area (Å²) in [6.45, 7) is 9.22. The van der Waals surface area contributed by atoms with Crippen LogP contribution in [0, 0.1) is 6.92 Å². The summed E-state index contributed by atoms with van der Waals surface area (Å²) in [5, 5.41) is 3.24. The Morgan fingerprint density at radius 3 is 2.38 bits per heavy atom. The summed E-state index contributed by atoms with van der Waals surface area (Å²) in [5.41, 5.74) is 2.69. The highest BCUT2D eigenvalue weighted by molar-refractivity contribution is 5.81. The zero-order chi connectivity index (χ0) is 16.9.